The molecule has 0 aliphatic heterocycles. The van der Waals surface area contributed by atoms with Crippen molar-refractivity contribution >= 4 is 16.5 Å². The van der Waals surface area contributed by atoms with Gasteiger partial charge in [-0.2, -0.15) is 0 Å². The molecule has 0 saturated heterocycles. The van der Waals surface area contributed by atoms with Crippen LogP contribution in [0.3, 0.4) is 0 Å². The van der Waals surface area contributed by atoms with Crippen molar-refractivity contribution in [1.82, 2.24) is 0 Å². The Bertz CT molecular complexity index is 825. The van der Waals surface area contributed by atoms with Crippen molar-refractivity contribution in [3.8, 4) is 5.75 Å². The second-order valence-electron chi connectivity index (χ2n) is 5.36. The van der Waals surface area contributed by atoms with E-state index in [0.717, 1.165) is 33.4 Å². The number of oxime groups is 1. The van der Waals surface area contributed by atoms with Crippen molar-refractivity contribution in [2.75, 3.05) is 7.11 Å². The van der Waals surface area contributed by atoms with Crippen molar-refractivity contribution in [1.29, 1.82) is 0 Å². The normalized spacial score (nSPS) is 11.5. The van der Waals surface area contributed by atoms with Crippen LogP contribution in [-0.4, -0.2) is 12.8 Å². The summed E-state index contributed by atoms with van der Waals surface area (Å²) in [4.78, 5) is 5.45. The van der Waals surface area contributed by atoms with Gasteiger partial charge in [-0.25, -0.2) is 0 Å². The summed E-state index contributed by atoms with van der Waals surface area (Å²) in [6, 6.07) is 22.3. The predicted octanol–water partition coefficient (Wildman–Crippen LogP) is 4.79. The first-order valence-corrected chi connectivity index (χ1v) is 7.55. The van der Waals surface area contributed by atoms with E-state index in [-0.39, 0.29) is 0 Å². The number of nitrogens with zero attached hydrogens (tertiary/aromatic N) is 1. The lowest BCUT2D eigenvalue weighted by molar-refractivity contribution is 0.130. The maximum Gasteiger partial charge on any atom is 0.142 e. The summed E-state index contributed by atoms with van der Waals surface area (Å²) in [5.41, 5.74) is 3.02. The minimum atomic E-state index is 0.475. The molecule has 3 nitrogen and oxygen atoms in total. The smallest absolute Gasteiger partial charge is 0.142 e. The topological polar surface area (TPSA) is 30.8 Å². The SMILES string of the molecule is COc1ccc2cc(/C(C)=N\OCc3ccccc3)ccc2c1. The van der Waals surface area contributed by atoms with Crippen molar-refractivity contribution in [3.63, 3.8) is 0 Å². The summed E-state index contributed by atoms with van der Waals surface area (Å²) in [5.74, 6) is 0.863. The van der Waals surface area contributed by atoms with Gasteiger partial charge in [0.1, 0.15) is 12.4 Å². The molecule has 3 aromatic rings. The largest absolute Gasteiger partial charge is 0.497 e. The fraction of sp³-hybridized carbons (Fsp3) is 0.150. The highest BCUT2D eigenvalue weighted by molar-refractivity contribution is 6.01. The van der Waals surface area contributed by atoms with E-state index in [1.165, 1.54) is 0 Å². The zero-order chi connectivity index (χ0) is 16.1. The van der Waals surface area contributed by atoms with E-state index in [4.69, 9.17) is 9.57 Å². The van der Waals surface area contributed by atoms with Crippen LogP contribution in [0.2, 0.25) is 0 Å². The molecule has 3 aromatic carbocycles. The Hall–Kier alpha value is -2.81. The quantitative estimate of drug-likeness (QED) is 0.501. The molecule has 0 aromatic heterocycles. The van der Waals surface area contributed by atoms with E-state index in [0.29, 0.717) is 6.61 Å². The molecule has 0 spiro atoms. The summed E-state index contributed by atoms with van der Waals surface area (Å²) >= 11 is 0. The van der Waals surface area contributed by atoms with Crippen molar-refractivity contribution < 1.29 is 9.57 Å². The van der Waals surface area contributed by atoms with Gasteiger partial charge in [-0.05, 0) is 47.0 Å². The minimum absolute atomic E-state index is 0.475. The van der Waals surface area contributed by atoms with Gasteiger partial charge < -0.3 is 9.57 Å². The Labute approximate surface area is 136 Å². The number of benzene rings is 3. The van der Waals surface area contributed by atoms with Gasteiger partial charge in [0, 0.05) is 0 Å². The number of methoxy groups -OCH3 is 1. The molecule has 116 valence electrons. The highest BCUT2D eigenvalue weighted by atomic mass is 16.6. The molecule has 3 heteroatoms. The minimum Gasteiger partial charge on any atom is -0.497 e. The van der Waals surface area contributed by atoms with Crippen LogP contribution in [0.5, 0.6) is 5.75 Å². The third-order valence-electron chi connectivity index (χ3n) is 3.74. The number of hydrogen-bond acceptors (Lipinski definition) is 3. The maximum atomic E-state index is 5.45. The van der Waals surface area contributed by atoms with Crippen LogP contribution < -0.4 is 4.74 Å². The lowest BCUT2D eigenvalue weighted by Crippen LogP contribution is -1.97. The molecule has 0 fully saturated rings. The van der Waals surface area contributed by atoms with Crippen molar-refractivity contribution in [2.24, 2.45) is 5.16 Å². The van der Waals surface area contributed by atoms with Crippen LogP contribution in [0.4, 0.5) is 0 Å². The lowest BCUT2D eigenvalue weighted by atomic mass is 10.0. The van der Waals surface area contributed by atoms with Crippen LogP contribution in [0.25, 0.3) is 10.8 Å². The van der Waals surface area contributed by atoms with Crippen molar-refractivity contribution in [2.45, 2.75) is 13.5 Å². The molecular formula is C20H19NO2. The average molecular weight is 305 g/mol. The molecule has 0 amide bonds. The van der Waals surface area contributed by atoms with E-state index in [1.807, 2.05) is 55.5 Å². The molecule has 23 heavy (non-hydrogen) atoms. The standard InChI is InChI=1S/C20H19NO2/c1-15(21-23-14-16-6-4-3-5-7-16)17-8-9-19-13-20(22-2)11-10-18(19)12-17/h3-13H,14H2,1-2H3/b21-15-. The number of rotatable bonds is 5. The molecule has 0 bridgehead atoms. The molecule has 0 N–H and O–H groups in total. The van der Waals surface area contributed by atoms with Gasteiger partial charge in [-0.15, -0.1) is 0 Å². The Morgan fingerprint density at radius 1 is 0.913 bits per heavy atom. The van der Waals surface area contributed by atoms with Gasteiger partial charge >= 0.3 is 0 Å². The zero-order valence-electron chi connectivity index (χ0n) is 13.3. The fourth-order valence-corrected chi connectivity index (χ4v) is 2.41. The fourth-order valence-electron chi connectivity index (χ4n) is 2.41. The van der Waals surface area contributed by atoms with E-state index < -0.39 is 0 Å². The van der Waals surface area contributed by atoms with Gasteiger partial charge in [0.05, 0.1) is 12.8 Å². The van der Waals surface area contributed by atoms with Gasteiger partial charge in [0.15, 0.2) is 0 Å². The Balaban J connectivity index is 1.75. The third kappa shape index (κ3) is 3.69. The van der Waals surface area contributed by atoms with Crippen LogP contribution >= 0.6 is 0 Å². The van der Waals surface area contributed by atoms with Crippen molar-refractivity contribution in [3.05, 3.63) is 77.9 Å². The molecule has 0 atom stereocenters. The molecule has 0 saturated carbocycles. The Morgan fingerprint density at radius 3 is 2.43 bits per heavy atom. The summed E-state index contributed by atoms with van der Waals surface area (Å²) in [5, 5.41) is 6.52. The second kappa shape index (κ2) is 6.97. The van der Waals surface area contributed by atoms with E-state index in [2.05, 4.69) is 23.4 Å². The van der Waals surface area contributed by atoms with Crippen LogP contribution in [0, 0.1) is 0 Å². The average Bonchev–Trinajstić information content (AvgIpc) is 2.61. The Morgan fingerprint density at radius 2 is 1.65 bits per heavy atom. The third-order valence-corrected chi connectivity index (χ3v) is 3.74. The molecular weight excluding hydrogens is 286 g/mol. The highest BCUT2D eigenvalue weighted by Gasteiger charge is 2.02. The summed E-state index contributed by atoms with van der Waals surface area (Å²) in [6.07, 6.45) is 0. The Kier molecular flexibility index (Phi) is 4.57. The number of fused-ring (bicyclic) bond motifs is 1. The first kappa shape index (κ1) is 15.1. The van der Waals surface area contributed by atoms with Gasteiger partial charge in [0.2, 0.25) is 0 Å². The second-order valence-corrected chi connectivity index (χ2v) is 5.36. The molecule has 0 heterocycles. The molecule has 0 aliphatic rings. The van der Waals surface area contributed by atoms with Crippen LogP contribution in [-0.2, 0) is 11.4 Å². The highest BCUT2D eigenvalue weighted by Crippen LogP contribution is 2.22. The van der Waals surface area contributed by atoms with E-state index in [1.54, 1.807) is 7.11 Å². The molecule has 0 aliphatic carbocycles. The summed E-state index contributed by atoms with van der Waals surface area (Å²) in [6.45, 7) is 2.43. The monoisotopic (exact) mass is 305 g/mol. The van der Waals surface area contributed by atoms with E-state index in [9.17, 15) is 0 Å². The number of hydrogen-bond donors (Lipinski definition) is 0. The summed E-state index contributed by atoms with van der Waals surface area (Å²) in [7, 11) is 1.68. The maximum absolute atomic E-state index is 5.45. The first-order valence-electron chi connectivity index (χ1n) is 7.55. The van der Waals surface area contributed by atoms with Gasteiger partial charge in [0.25, 0.3) is 0 Å². The molecule has 0 unspecified atom stereocenters. The lowest BCUT2D eigenvalue weighted by Gasteiger charge is -2.06. The molecule has 0 radical (unpaired) electrons. The van der Waals surface area contributed by atoms with Crippen LogP contribution in [0.15, 0.2) is 71.9 Å². The van der Waals surface area contributed by atoms with E-state index >= 15 is 0 Å². The zero-order valence-corrected chi connectivity index (χ0v) is 13.3. The van der Waals surface area contributed by atoms with Gasteiger partial charge in [-0.1, -0.05) is 53.7 Å². The predicted molar refractivity (Wildman–Crippen MR) is 93.9 cm³/mol. The van der Waals surface area contributed by atoms with Gasteiger partial charge in [-0.3, -0.25) is 0 Å². The molecule has 3 rings (SSSR count). The van der Waals surface area contributed by atoms with Crippen LogP contribution in [0.1, 0.15) is 18.1 Å². The number of ether oxygens (including phenoxy) is 1. The summed E-state index contributed by atoms with van der Waals surface area (Å²) < 4.78 is 5.25. The first-order chi connectivity index (χ1) is 11.3.